The summed E-state index contributed by atoms with van der Waals surface area (Å²) in [6, 6.07) is 17.2. The van der Waals surface area contributed by atoms with Crippen LogP contribution in [0.5, 0.6) is 17.2 Å². The summed E-state index contributed by atoms with van der Waals surface area (Å²) in [4.78, 5) is 36.1. The molecule has 1 atom stereocenters. The SMILES string of the molecule is COc1ccc(Cn2nc(C3CCCN(C(=O)OC(C)(C)C)C3)c3c(Oc4ccc(C(=O)Nc5cc(C(F)(F)F)ccn5)cc4)ccnc32)cc1. The van der Waals surface area contributed by atoms with Crippen molar-refractivity contribution in [3.63, 3.8) is 0 Å². The maximum Gasteiger partial charge on any atom is 0.416 e. The number of methoxy groups -OCH3 is 1. The van der Waals surface area contributed by atoms with Gasteiger partial charge in [0.05, 0.1) is 30.3 Å². The fourth-order valence-corrected chi connectivity index (χ4v) is 5.84. The highest BCUT2D eigenvalue weighted by Crippen LogP contribution is 2.38. The van der Waals surface area contributed by atoms with Crippen molar-refractivity contribution in [1.82, 2.24) is 24.6 Å². The Morgan fingerprint density at radius 3 is 2.33 bits per heavy atom. The first-order valence-electron chi connectivity index (χ1n) is 16.4. The lowest BCUT2D eigenvalue weighted by Gasteiger charge is -2.33. The minimum absolute atomic E-state index is 0.132. The summed E-state index contributed by atoms with van der Waals surface area (Å²) in [6.07, 6.45) is -0.789. The third-order valence-electron chi connectivity index (χ3n) is 8.25. The van der Waals surface area contributed by atoms with Crippen LogP contribution in [0.4, 0.5) is 23.8 Å². The Morgan fingerprint density at radius 1 is 0.941 bits per heavy atom. The van der Waals surface area contributed by atoms with Crippen molar-refractivity contribution in [1.29, 1.82) is 0 Å². The number of nitrogens with zero attached hydrogens (tertiary/aromatic N) is 5. The number of benzene rings is 2. The van der Waals surface area contributed by atoms with Gasteiger partial charge in [-0.05, 0) is 93.8 Å². The molecule has 1 fully saturated rings. The summed E-state index contributed by atoms with van der Waals surface area (Å²) in [5, 5.41) is 8.16. The Hall–Kier alpha value is -5.66. The van der Waals surface area contributed by atoms with E-state index in [1.54, 1.807) is 36.4 Å². The zero-order valence-electron chi connectivity index (χ0n) is 28.5. The summed E-state index contributed by atoms with van der Waals surface area (Å²) in [6.45, 7) is 6.90. The molecule has 4 heterocycles. The molecule has 51 heavy (non-hydrogen) atoms. The summed E-state index contributed by atoms with van der Waals surface area (Å²) in [7, 11) is 1.61. The van der Waals surface area contributed by atoms with E-state index < -0.39 is 23.2 Å². The first-order valence-corrected chi connectivity index (χ1v) is 16.4. The number of hydrogen-bond donors (Lipinski definition) is 1. The number of halogens is 3. The highest BCUT2D eigenvalue weighted by atomic mass is 19.4. The van der Waals surface area contributed by atoms with Gasteiger partial charge in [-0.25, -0.2) is 19.4 Å². The molecular formula is C37H37F3N6O5. The van der Waals surface area contributed by atoms with E-state index in [9.17, 15) is 22.8 Å². The van der Waals surface area contributed by atoms with E-state index in [2.05, 4.69) is 10.3 Å². The second kappa shape index (κ2) is 14.3. The third-order valence-corrected chi connectivity index (χ3v) is 8.25. The zero-order valence-corrected chi connectivity index (χ0v) is 28.5. The standard InChI is InChI=1S/C37H37F3N6O5/c1-36(2,3)51-35(48)45-19-5-6-25(22-45)32-31-29(16-18-42-33(31)46(44-32)21-23-7-11-27(49-4)12-8-23)50-28-13-9-24(10-14-28)34(47)43-30-20-26(15-17-41-30)37(38,39)40/h7-18,20,25H,5-6,19,21-22H2,1-4H3,(H,41,43,47). The summed E-state index contributed by atoms with van der Waals surface area (Å²) >= 11 is 0. The van der Waals surface area contributed by atoms with Gasteiger partial charge in [0.25, 0.3) is 5.91 Å². The van der Waals surface area contributed by atoms with E-state index in [0.717, 1.165) is 48.2 Å². The van der Waals surface area contributed by atoms with Crippen LogP contribution in [0, 0.1) is 0 Å². The summed E-state index contributed by atoms with van der Waals surface area (Å²) in [5.74, 6) is 0.640. The molecule has 14 heteroatoms. The van der Waals surface area contributed by atoms with Crippen molar-refractivity contribution < 1.29 is 37.0 Å². The number of amides is 2. The van der Waals surface area contributed by atoms with Crippen LogP contribution in [-0.2, 0) is 17.5 Å². The molecular weight excluding hydrogens is 665 g/mol. The van der Waals surface area contributed by atoms with Crippen molar-refractivity contribution in [2.75, 3.05) is 25.5 Å². The average Bonchev–Trinajstić information content (AvgIpc) is 3.47. The number of likely N-dealkylation sites (tertiary alicyclic amines) is 1. The van der Waals surface area contributed by atoms with Gasteiger partial charge >= 0.3 is 12.3 Å². The highest BCUT2D eigenvalue weighted by Gasteiger charge is 2.33. The fraction of sp³-hybridized carbons (Fsp3) is 0.324. The number of carbonyl (C=O) groups is 2. The van der Waals surface area contributed by atoms with Gasteiger partial charge in [-0.1, -0.05) is 12.1 Å². The van der Waals surface area contributed by atoms with Crippen molar-refractivity contribution in [2.45, 2.75) is 57.9 Å². The van der Waals surface area contributed by atoms with Crippen LogP contribution in [0.2, 0.25) is 0 Å². The molecule has 0 aliphatic carbocycles. The van der Waals surface area contributed by atoms with E-state index >= 15 is 0 Å². The molecule has 1 aliphatic rings. The fourth-order valence-electron chi connectivity index (χ4n) is 5.84. The lowest BCUT2D eigenvalue weighted by molar-refractivity contribution is -0.137. The summed E-state index contributed by atoms with van der Waals surface area (Å²) in [5.41, 5.74) is 0.953. The van der Waals surface area contributed by atoms with Crippen LogP contribution < -0.4 is 14.8 Å². The molecule has 11 nitrogen and oxygen atoms in total. The number of rotatable bonds is 8. The maximum atomic E-state index is 13.1. The molecule has 1 unspecified atom stereocenters. The topological polar surface area (TPSA) is 121 Å². The molecule has 6 rings (SSSR count). The molecule has 3 aromatic heterocycles. The quantitative estimate of drug-likeness (QED) is 0.172. The lowest BCUT2D eigenvalue weighted by atomic mass is 9.93. The van der Waals surface area contributed by atoms with Crippen LogP contribution in [-0.4, -0.2) is 62.4 Å². The van der Waals surface area contributed by atoms with Gasteiger partial charge in [0.1, 0.15) is 28.7 Å². The number of piperidine rings is 1. The smallest absolute Gasteiger partial charge is 0.416 e. The van der Waals surface area contributed by atoms with Gasteiger partial charge in [-0.3, -0.25) is 4.79 Å². The van der Waals surface area contributed by atoms with Crippen LogP contribution >= 0.6 is 0 Å². The van der Waals surface area contributed by atoms with Crippen molar-refractivity contribution in [2.24, 2.45) is 0 Å². The minimum atomic E-state index is -4.57. The lowest BCUT2D eigenvalue weighted by Crippen LogP contribution is -2.42. The number of aromatic nitrogens is 4. The molecule has 2 aromatic carbocycles. The maximum absolute atomic E-state index is 13.1. The largest absolute Gasteiger partial charge is 0.497 e. The number of nitrogens with one attached hydrogen (secondary N) is 1. The Labute approximate surface area is 292 Å². The molecule has 1 N–H and O–H groups in total. The average molecular weight is 703 g/mol. The predicted molar refractivity (Wildman–Crippen MR) is 183 cm³/mol. The molecule has 1 saturated heterocycles. The first kappa shape index (κ1) is 35.2. The van der Waals surface area contributed by atoms with Gasteiger partial charge in [0.2, 0.25) is 0 Å². The molecule has 5 aromatic rings. The van der Waals surface area contributed by atoms with Crippen LogP contribution in [0.25, 0.3) is 11.0 Å². The number of fused-ring (bicyclic) bond motifs is 1. The molecule has 2 amide bonds. The van der Waals surface area contributed by atoms with Gasteiger partial charge < -0.3 is 24.4 Å². The van der Waals surface area contributed by atoms with Crippen LogP contribution in [0.15, 0.2) is 79.1 Å². The Kier molecular flexibility index (Phi) is 9.86. The normalized spacial score (nSPS) is 15.0. The van der Waals surface area contributed by atoms with Crippen LogP contribution in [0.1, 0.15) is 66.7 Å². The van der Waals surface area contributed by atoms with Crippen molar-refractivity contribution in [3.05, 3.63) is 102 Å². The number of carbonyl (C=O) groups excluding carboxylic acids is 2. The van der Waals surface area contributed by atoms with Gasteiger partial charge in [-0.15, -0.1) is 0 Å². The summed E-state index contributed by atoms with van der Waals surface area (Å²) < 4.78 is 58.5. The van der Waals surface area contributed by atoms with E-state index in [-0.39, 0.29) is 23.4 Å². The van der Waals surface area contributed by atoms with E-state index in [1.165, 1.54) is 12.1 Å². The molecule has 0 bridgehead atoms. The van der Waals surface area contributed by atoms with E-state index in [0.29, 0.717) is 42.2 Å². The van der Waals surface area contributed by atoms with E-state index in [1.807, 2.05) is 49.7 Å². The third kappa shape index (κ3) is 8.39. The number of anilines is 1. The van der Waals surface area contributed by atoms with Gasteiger partial charge in [-0.2, -0.15) is 18.3 Å². The van der Waals surface area contributed by atoms with Gasteiger partial charge in [0, 0.05) is 37.0 Å². The second-order valence-electron chi connectivity index (χ2n) is 13.2. The van der Waals surface area contributed by atoms with Crippen molar-refractivity contribution in [3.8, 4) is 17.2 Å². The Bertz CT molecular complexity index is 2020. The second-order valence-corrected chi connectivity index (χ2v) is 13.2. The Balaban J connectivity index is 1.29. The minimum Gasteiger partial charge on any atom is -0.497 e. The molecule has 0 spiro atoms. The Morgan fingerprint density at radius 2 is 1.65 bits per heavy atom. The monoisotopic (exact) mass is 702 g/mol. The zero-order chi connectivity index (χ0) is 36.3. The molecule has 0 radical (unpaired) electrons. The first-order chi connectivity index (χ1) is 24.3. The van der Waals surface area contributed by atoms with Crippen LogP contribution in [0.3, 0.4) is 0 Å². The number of pyridine rings is 2. The van der Waals surface area contributed by atoms with Gasteiger partial charge in [0.15, 0.2) is 5.65 Å². The van der Waals surface area contributed by atoms with E-state index in [4.69, 9.17) is 24.3 Å². The highest BCUT2D eigenvalue weighted by molar-refractivity contribution is 6.03. The number of alkyl halides is 3. The molecule has 266 valence electrons. The number of ether oxygens (including phenoxy) is 3. The van der Waals surface area contributed by atoms with Crippen molar-refractivity contribution >= 4 is 28.9 Å². The number of hydrogen-bond acceptors (Lipinski definition) is 8. The predicted octanol–water partition coefficient (Wildman–Crippen LogP) is 8.06. The molecule has 1 aliphatic heterocycles. The molecule has 0 saturated carbocycles.